The van der Waals surface area contributed by atoms with Gasteiger partial charge in [0.25, 0.3) is 0 Å². The Balaban J connectivity index is 1.42. The molecule has 3 aromatic rings. The van der Waals surface area contributed by atoms with E-state index in [0.29, 0.717) is 6.61 Å². The van der Waals surface area contributed by atoms with Crippen molar-refractivity contribution in [1.82, 2.24) is 5.32 Å². The molecule has 0 aliphatic heterocycles. The van der Waals surface area contributed by atoms with Crippen LogP contribution < -0.4 is 19.5 Å². The van der Waals surface area contributed by atoms with Gasteiger partial charge in [0.1, 0.15) is 12.4 Å². The zero-order chi connectivity index (χ0) is 20.5. The largest absolute Gasteiger partial charge is 0.493 e. The molecule has 3 aromatic carbocycles. The van der Waals surface area contributed by atoms with Crippen molar-refractivity contribution in [3.8, 4) is 17.2 Å². The number of benzene rings is 3. The van der Waals surface area contributed by atoms with Crippen LogP contribution in [0.4, 0.5) is 0 Å². The molecule has 0 amide bonds. The molecule has 0 aliphatic rings. The van der Waals surface area contributed by atoms with Gasteiger partial charge in [0.05, 0.1) is 14.2 Å². The van der Waals surface area contributed by atoms with Gasteiger partial charge in [-0.15, -0.1) is 0 Å². The maximum absolute atomic E-state index is 6.00. The molecule has 152 valence electrons. The molecule has 3 rings (SSSR count). The van der Waals surface area contributed by atoms with Crippen LogP contribution in [-0.4, -0.2) is 20.8 Å². The van der Waals surface area contributed by atoms with Crippen molar-refractivity contribution in [2.45, 2.75) is 19.6 Å². The third-order valence-electron chi connectivity index (χ3n) is 4.59. The number of nitrogens with one attached hydrogen (secondary N) is 1. The molecular weight excluding hydrogens is 386 g/mol. The summed E-state index contributed by atoms with van der Waals surface area (Å²) in [6, 6.07) is 21.9. The maximum atomic E-state index is 6.00. The Morgan fingerprint density at radius 3 is 2.28 bits per heavy atom. The van der Waals surface area contributed by atoms with Crippen LogP contribution in [0.5, 0.6) is 17.2 Å². The topological polar surface area (TPSA) is 39.7 Å². The number of hydrogen-bond acceptors (Lipinski definition) is 4. The summed E-state index contributed by atoms with van der Waals surface area (Å²) in [5, 5.41) is 4.20. The Morgan fingerprint density at radius 1 is 0.793 bits per heavy atom. The fourth-order valence-corrected chi connectivity index (χ4v) is 3.21. The van der Waals surface area contributed by atoms with Crippen LogP contribution in [0.15, 0.2) is 66.7 Å². The summed E-state index contributed by atoms with van der Waals surface area (Å²) < 4.78 is 16.5. The Labute approximate surface area is 177 Å². The Hall–Kier alpha value is -2.69. The van der Waals surface area contributed by atoms with Gasteiger partial charge in [0, 0.05) is 11.6 Å². The van der Waals surface area contributed by atoms with Crippen LogP contribution in [0.25, 0.3) is 0 Å². The van der Waals surface area contributed by atoms with Gasteiger partial charge in [0.2, 0.25) is 0 Å². The Bertz CT molecular complexity index is 912. The van der Waals surface area contributed by atoms with Crippen molar-refractivity contribution in [3.05, 3.63) is 88.4 Å². The highest BCUT2D eigenvalue weighted by Crippen LogP contribution is 2.27. The average Bonchev–Trinajstić information content (AvgIpc) is 2.76. The molecule has 0 radical (unpaired) electrons. The second-order valence-corrected chi connectivity index (χ2v) is 7.12. The van der Waals surface area contributed by atoms with Crippen molar-refractivity contribution in [1.29, 1.82) is 0 Å². The van der Waals surface area contributed by atoms with E-state index in [9.17, 15) is 0 Å². The molecule has 0 unspecified atom stereocenters. The summed E-state index contributed by atoms with van der Waals surface area (Å²) >= 11 is 6.00. The van der Waals surface area contributed by atoms with Gasteiger partial charge in [-0.25, -0.2) is 0 Å². The van der Waals surface area contributed by atoms with E-state index in [1.54, 1.807) is 14.2 Å². The molecule has 0 saturated heterocycles. The first-order valence-electron chi connectivity index (χ1n) is 9.56. The minimum absolute atomic E-state index is 0.503. The predicted octanol–water partition coefficient (Wildman–Crippen LogP) is 5.27. The highest BCUT2D eigenvalue weighted by molar-refractivity contribution is 6.30. The Kier molecular flexibility index (Phi) is 7.79. The quantitative estimate of drug-likeness (QED) is 0.461. The van der Waals surface area contributed by atoms with E-state index in [2.05, 4.69) is 23.5 Å². The van der Waals surface area contributed by atoms with E-state index in [0.717, 1.165) is 47.3 Å². The van der Waals surface area contributed by atoms with Crippen LogP contribution in [0.3, 0.4) is 0 Å². The molecule has 0 bridgehead atoms. The molecular formula is C24H26ClNO3. The standard InChI is InChI=1S/C24H26ClNO3/c1-27-23-11-8-18(15-24(23)28-2)12-13-26-16-19-6-9-22(10-7-19)29-17-20-4-3-5-21(25)14-20/h3-11,14-15,26H,12-13,16-17H2,1-2H3. The molecule has 0 atom stereocenters. The van der Waals surface area contributed by atoms with E-state index in [-0.39, 0.29) is 0 Å². The van der Waals surface area contributed by atoms with Crippen LogP contribution in [0, 0.1) is 0 Å². The molecule has 0 heterocycles. The van der Waals surface area contributed by atoms with Gasteiger partial charge in [-0.05, 0) is 66.1 Å². The van der Waals surface area contributed by atoms with E-state index >= 15 is 0 Å². The van der Waals surface area contributed by atoms with E-state index in [1.807, 2.05) is 48.5 Å². The molecule has 0 aliphatic carbocycles. The van der Waals surface area contributed by atoms with Crippen LogP contribution in [0.1, 0.15) is 16.7 Å². The summed E-state index contributed by atoms with van der Waals surface area (Å²) in [6.45, 7) is 2.19. The van der Waals surface area contributed by atoms with E-state index in [4.69, 9.17) is 25.8 Å². The zero-order valence-corrected chi connectivity index (χ0v) is 17.5. The maximum Gasteiger partial charge on any atom is 0.160 e. The lowest BCUT2D eigenvalue weighted by Gasteiger charge is -2.10. The smallest absolute Gasteiger partial charge is 0.160 e. The van der Waals surface area contributed by atoms with Crippen molar-refractivity contribution in [2.75, 3.05) is 20.8 Å². The van der Waals surface area contributed by atoms with Gasteiger partial charge in [-0.3, -0.25) is 0 Å². The molecule has 0 saturated carbocycles. The monoisotopic (exact) mass is 411 g/mol. The number of hydrogen-bond donors (Lipinski definition) is 1. The van der Waals surface area contributed by atoms with Crippen LogP contribution >= 0.6 is 11.6 Å². The van der Waals surface area contributed by atoms with E-state index < -0.39 is 0 Å². The molecule has 1 N–H and O–H groups in total. The average molecular weight is 412 g/mol. The molecule has 4 nitrogen and oxygen atoms in total. The zero-order valence-electron chi connectivity index (χ0n) is 16.8. The second kappa shape index (κ2) is 10.7. The molecule has 0 fully saturated rings. The SMILES string of the molecule is COc1ccc(CCNCc2ccc(OCc3cccc(Cl)c3)cc2)cc1OC. The minimum Gasteiger partial charge on any atom is -0.493 e. The van der Waals surface area contributed by atoms with Crippen LogP contribution in [-0.2, 0) is 19.6 Å². The van der Waals surface area contributed by atoms with Gasteiger partial charge in [0.15, 0.2) is 11.5 Å². The first kappa shape index (κ1) is 21.0. The highest BCUT2D eigenvalue weighted by Gasteiger charge is 2.04. The lowest BCUT2D eigenvalue weighted by atomic mass is 10.1. The fraction of sp³-hybridized carbons (Fsp3) is 0.250. The van der Waals surface area contributed by atoms with Crippen molar-refractivity contribution < 1.29 is 14.2 Å². The van der Waals surface area contributed by atoms with Crippen LogP contribution in [0.2, 0.25) is 5.02 Å². The summed E-state index contributed by atoms with van der Waals surface area (Å²) in [5.41, 5.74) is 3.48. The minimum atomic E-state index is 0.503. The van der Waals surface area contributed by atoms with Gasteiger partial charge >= 0.3 is 0 Å². The summed E-state index contributed by atoms with van der Waals surface area (Å²) in [4.78, 5) is 0. The Morgan fingerprint density at radius 2 is 1.55 bits per heavy atom. The summed E-state index contributed by atoms with van der Waals surface area (Å²) in [5.74, 6) is 2.36. The van der Waals surface area contributed by atoms with Crippen molar-refractivity contribution in [3.63, 3.8) is 0 Å². The fourth-order valence-electron chi connectivity index (χ4n) is 3.00. The third kappa shape index (κ3) is 6.41. The van der Waals surface area contributed by atoms with Gasteiger partial charge < -0.3 is 19.5 Å². The normalized spacial score (nSPS) is 10.6. The molecule has 0 spiro atoms. The number of methoxy groups -OCH3 is 2. The van der Waals surface area contributed by atoms with Crippen molar-refractivity contribution >= 4 is 11.6 Å². The first-order chi connectivity index (χ1) is 14.2. The molecule has 29 heavy (non-hydrogen) atoms. The number of rotatable bonds is 10. The lowest BCUT2D eigenvalue weighted by Crippen LogP contribution is -2.16. The number of ether oxygens (including phenoxy) is 3. The lowest BCUT2D eigenvalue weighted by molar-refractivity contribution is 0.306. The highest BCUT2D eigenvalue weighted by atomic mass is 35.5. The summed E-state index contributed by atoms with van der Waals surface area (Å²) in [7, 11) is 3.30. The third-order valence-corrected chi connectivity index (χ3v) is 4.82. The van der Waals surface area contributed by atoms with Gasteiger partial charge in [-0.2, -0.15) is 0 Å². The molecule has 0 aromatic heterocycles. The number of halogens is 1. The summed E-state index contributed by atoms with van der Waals surface area (Å²) in [6.07, 6.45) is 0.918. The van der Waals surface area contributed by atoms with Gasteiger partial charge in [-0.1, -0.05) is 41.9 Å². The predicted molar refractivity (Wildman–Crippen MR) is 117 cm³/mol. The first-order valence-corrected chi connectivity index (χ1v) is 9.93. The second-order valence-electron chi connectivity index (χ2n) is 6.68. The van der Waals surface area contributed by atoms with Crippen molar-refractivity contribution in [2.24, 2.45) is 0 Å². The van der Waals surface area contributed by atoms with E-state index in [1.165, 1.54) is 11.1 Å². The molecule has 5 heteroatoms.